The average Bonchev–Trinajstić information content (AvgIpc) is 2.72. The highest BCUT2D eigenvalue weighted by Gasteiger charge is 2.23. The van der Waals surface area contributed by atoms with Crippen molar-refractivity contribution in [3.8, 4) is 0 Å². The second-order valence-electron chi connectivity index (χ2n) is 4.77. The first-order valence-corrected chi connectivity index (χ1v) is 6.70. The summed E-state index contributed by atoms with van der Waals surface area (Å²) >= 11 is 0. The van der Waals surface area contributed by atoms with Crippen molar-refractivity contribution in [2.24, 2.45) is 5.92 Å². The van der Waals surface area contributed by atoms with Crippen molar-refractivity contribution < 1.29 is 28.7 Å². The van der Waals surface area contributed by atoms with Gasteiger partial charge in [0.1, 0.15) is 0 Å². The number of hydrogen-bond acceptors (Lipinski definition) is 6. The molecule has 1 heterocycles. The number of nitrogens with zero attached hydrogens (tertiary/aromatic N) is 1. The molecule has 0 aromatic heterocycles. The lowest BCUT2D eigenvalue weighted by molar-refractivity contribution is -0.146. The first-order chi connectivity index (χ1) is 9.90. The summed E-state index contributed by atoms with van der Waals surface area (Å²) in [6, 6.07) is 0. The smallest absolute Gasteiger partial charge is 0.302 e. The van der Waals surface area contributed by atoms with Gasteiger partial charge in [-0.25, -0.2) is 0 Å². The van der Waals surface area contributed by atoms with Gasteiger partial charge < -0.3 is 9.47 Å². The van der Waals surface area contributed by atoms with Crippen molar-refractivity contribution in [3.05, 3.63) is 12.2 Å². The van der Waals surface area contributed by atoms with Gasteiger partial charge in [-0.3, -0.25) is 24.1 Å². The van der Waals surface area contributed by atoms with Gasteiger partial charge in [-0.1, -0.05) is 0 Å². The predicted molar refractivity (Wildman–Crippen MR) is 71.9 cm³/mol. The maximum atomic E-state index is 11.4. The van der Waals surface area contributed by atoms with Gasteiger partial charge in [0.15, 0.2) is 0 Å². The largest absolute Gasteiger partial charge is 0.465 e. The topological polar surface area (TPSA) is 90.0 Å². The van der Waals surface area contributed by atoms with Crippen LogP contribution in [-0.2, 0) is 28.7 Å². The molecule has 2 amide bonds. The van der Waals surface area contributed by atoms with Crippen LogP contribution in [-0.4, -0.2) is 48.4 Å². The number of ether oxygens (including phenoxy) is 2. The third kappa shape index (κ3) is 6.20. The molecule has 21 heavy (non-hydrogen) atoms. The standard InChI is InChI=1S/C14H19NO6/c1-10(16)20-8-12(9-21-11(2)17)4-3-7-15-13(18)5-6-14(15)19/h5-6,12H,3-4,7-9H2,1-2H3. The molecule has 1 aliphatic heterocycles. The van der Waals surface area contributed by atoms with Crippen LogP contribution in [0.1, 0.15) is 26.7 Å². The van der Waals surface area contributed by atoms with Crippen LogP contribution < -0.4 is 0 Å². The van der Waals surface area contributed by atoms with Crippen molar-refractivity contribution >= 4 is 23.8 Å². The normalized spacial score (nSPS) is 14.0. The highest BCUT2D eigenvalue weighted by molar-refractivity contribution is 6.12. The molecule has 0 saturated heterocycles. The second kappa shape index (κ2) is 8.18. The average molecular weight is 297 g/mol. The second-order valence-corrected chi connectivity index (χ2v) is 4.77. The van der Waals surface area contributed by atoms with Crippen molar-refractivity contribution in [2.75, 3.05) is 19.8 Å². The summed E-state index contributed by atoms with van der Waals surface area (Å²) in [5, 5.41) is 0. The summed E-state index contributed by atoms with van der Waals surface area (Å²) in [5.41, 5.74) is 0. The lowest BCUT2D eigenvalue weighted by Gasteiger charge is -2.18. The van der Waals surface area contributed by atoms with E-state index < -0.39 is 11.9 Å². The van der Waals surface area contributed by atoms with Gasteiger partial charge in [0.2, 0.25) is 0 Å². The monoisotopic (exact) mass is 297 g/mol. The molecule has 0 atom stereocenters. The maximum absolute atomic E-state index is 11.4. The van der Waals surface area contributed by atoms with E-state index in [-0.39, 0.29) is 30.9 Å². The van der Waals surface area contributed by atoms with Crippen LogP contribution in [0, 0.1) is 5.92 Å². The third-order valence-corrected chi connectivity index (χ3v) is 2.94. The summed E-state index contributed by atoms with van der Waals surface area (Å²) in [4.78, 5) is 45.5. The van der Waals surface area contributed by atoms with E-state index in [1.54, 1.807) is 0 Å². The Bertz CT molecular complexity index is 420. The molecule has 0 fully saturated rings. The fourth-order valence-electron chi connectivity index (χ4n) is 1.87. The number of rotatable bonds is 8. The van der Waals surface area contributed by atoms with Crippen molar-refractivity contribution in [1.82, 2.24) is 4.90 Å². The van der Waals surface area contributed by atoms with Crippen molar-refractivity contribution in [2.45, 2.75) is 26.7 Å². The Morgan fingerprint density at radius 1 is 1.05 bits per heavy atom. The van der Waals surface area contributed by atoms with Crippen LogP contribution in [0.2, 0.25) is 0 Å². The Morgan fingerprint density at radius 3 is 1.95 bits per heavy atom. The number of hydrogen-bond donors (Lipinski definition) is 0. The van der Waals surface area contributed by atoms with Gasteiger partial charge in [0.25, 0.3) is 11.8 Å². The molecule has 116 valence electrons. The van der Waals surface area contributed by atoms with Gasteiger partial charge in [-0.05, 0) is 12.8 Å². The van der Waals surface area contributed by atoms with E-state index in [2.05, 4.69) is 0 Å². The molecule has 0 radical (unpaired) electrons. The molecule has 0 spiro atoms. The number of amides is 2. The minimum Gasteiger partial charge on any atom is -0.465 e. The minimum atomic E-state index is -0.406. The van der Waals surface area contributed by atoms with Crippen molar-refractivity contribution in [1.29, 1.82) is 0 Å². The van der Waals surface area contributed by atoms with E-state index >= 15 is 0 Å². The summed E-state index contributed by atoms with van der Waals surface area (Å²) in [5.74, 6) is -1.61. The third-order valence-electron chi connectivity index (χ3n) is 2.94. The molecule has 7 heteroatoms. The van der Waals surface area contributed by atoms with E-state index in [0.29, 0.717) is 19.4 Å². The highest BCUT2D eigenvalue weighted by Crippen LogP contribution is 2.12. The Hall–Kier alpha value is -2.18. The van der Waals surface area contributed by atoms with E-state index in [1.165, 1.54) is 26.0 Å². The van der Waals surface area contributed by atoms with Crippen LogP contribution in [0.4, 0.5) is 0 Å². The zero-order valence-corrected chi connectivity index (χ0v) is 12.2. The molecule has 0 saturated carbocycles. The Morgan fingerprint density at radius 2 is 1.52 bits per heavy atom. The van der Waals surface area contributed by atoms with E-state index in [0.717, 1.165) is 4.90 Å². The van der Waals surface area contributed by atoms with Crippen molar-refractivity contribution in [3.63, 3.8) is 0 Å². The minimum absolute atomic E-state index is 0.142. The van der Waals surface area contributed by atoms with Crippen LogP contribution >= 0.6 is 0 Å². The Labute approximate surface area is 122 Å². The van der Waals surface area contributed by atoms with E-state index in [4.69, 9.17) is 9.47 Å². The molecular formula is C14H19NO6. The zero-order chi connectivity index (χ0) is 15.8. The Balaban J connectivity index is 2.37. The van der Waals surface area contributed by atoms with Crippen LogP contribution in [0.5, 0.6) is 0 Å². The molecule has 7 nitrogen and oxygen atoms in total. The zero-order valence-electron chi connectivity index (χ0n) is 12.2. The van der Waals surface area contributed by atoms with Crippen LogP contribution in [0.25, 0.3) is 0 Å². The molecular weight excluding hydrogens is 278 g/mol. The first kappa shape index (κ1) is 16.9. The lowest BCUT2D eigenvalue weighted by atomic mass is 10.1. The summed E-state index contributed by atoms with van der Waals surface area (Å²) in [7, 11) is 0. The van der Waals surface area contributed by atoms with E-state index in [1.807, 2.05) is 0 Å². The molecule has 0 bridgehead atoms. The lowest BCUT2D eigenvalue weighted by Crippen LogP contribution is -2.31. The number of carbonyl (C=O) groups is 4. The summed E-state index contributed by atoms with van der Waals surface area (Å²) < 4.78 is 9.82. The summed E-state index contributed by atoms with van der Waals surface area (Å²) in [6.07, 6.45) is 3.58. The van der Waals surface area contributed by atoms with Crippen LogP contribution in [0.15, 0.2) is 12.2 Å². The summed E-state index contributed by atoms with van der Waals surface area (Å²) in [6.45, 7) is 3.18. The number of imide groups is 1. The Kier molecular flexibility index (Phi) is 6.58. The number of esters is 2. The highest BCUT2D eigenvalue weighted by atomic mass is 16.5. The molecule has 1 aliphatic rings. The van der Waals surface area contributed by atoms with Gasteiger partial charge in [-0.15, -0.1) is 0 Å². The van der Waals surface area contributed by atoms with Gasteiger partial charge in [0, 0.05) is 38.5 Å². The quantitative estimate of drug-likeness (QED) is 0.477. The fourth-order valence-corrected chi connectivity index (χ4v) is 1.87. The molecule has 0 N–H and O–H groups in total. The SMILES string of the molecule is CC(=O)OCC(CCCN1C(=O)C=CC1=O)COC(C)=O. The first-order valence-electron chi connectivity index (χ1n) is 6.70. The van der Waals surface area contributed by atoms with Gasteiger partial charge in [0.05, 0.1) is 13.2 Å². The molecule has 0 aromatic rings. The fraction of sp³-hybridized carbons (Fsp3) is 0.571. The molecule has 0 aliphatic carbocycles. The maximum Gasteiger partial charge on any atom is 0.302 e. The van der Waals surface area contributed by atoms with Gasteiger partial charge >= 0.3 is 11.9 Å². The molecule has 1 rings (SSSR count). The number of carbonyl (C=O) groups excluding carboxylic acids is 4. The van der Waals surface area contributed by atoms with E-state index in [9.17, 15) is 19.2 Å². The van der Waals surface area contributed by atoms with Crippen LogP contribution in [0.3, 0.4) is 0 Å². The van der Waals surface area contributed by atoms with Gasteiger partial charge in [-0.2, -0.15) is 0 Å². The molecule has 0 unspecified atom stereocenters. The molecule has 0 aromatic carbocycles. The predicted octanol–water partition coefficient (Wildman–Crippen LogP) is 0.434.